The normalized spacial score (nSPS) is 26.8. The van der Waals surface area contributed by atoms with Crippen molar-refractivity contribution in [1.29, 1.82) is 0 Å². The third-order valence-electron chi connectivity index (χ3n) is 6.58. The van der Waals surface area contributed by atoms with Gasteiger partial charge in [-0.3, -0.25) is 4.90 Å². The van der Waals surface area contributed by atoms with Crippen LogP contribution in [-0.4, -0.2) is 57.9 Å². The standard InChI is InChI=1S/C22H23N7O2/c23-21-18-12-27(13-19(18)21)20-6-3-15(9-24-20)14-1-4-16(5-2-14)29-11-17(31-22(29)30)10-28-8-7-25-26-28/h1-9,17-19,21H,10-13,23H2/t17-,18-,19+,21?/m0/s1. The minimum absolute atomic E-state index is 0.253. The van der Waals surface area contributed by atoms with Crippen molar-refractivity contribution in [1.82, 2.24) is 20.0 Å². The van der Waals surface area contributed by atoms with Gasteiger partial charge in [-0.2, -0.15) is 0 Å². The minimum atomic E-state index is -0.340. The lowest BCUT2D eigenvalue weighted by atomic mass is 10.1. The molecule has 1 amide bonds. The van der Waals surface area contributed by atoms with Crippen molar-refractivity contribution < 1.29 is 9.53 Å². The van der Waals surface area contributed by atoms with Gasteiger partial charge in [-0.15, -0.1) is 5.10 Å². The maximum Gasteiger partial charge on any atom is 0.414 e. The Kier molecular flexibility index (Phi) is 4.17. The molecule has 0 spiro atoms. The van der Waals surface area contributed by atoms with Crippen LogP contribution in [0, 0.1) is 11.8 Å². The summed E-state index contributed by atoms with van der Waals surface area (Å²) in [6.07, 6.45) is 4.68. The maximum atomic E-state index is 12.3. The number of aromatic nitrogens is 4. The molecule has 2 aliphatic heterocycles. The predicted molar refractivity (Wildman–Crippen MR) is 114 cm³/mol. The van der Waals surface area contributed by atoms with Gasteiger partial charge in [0.05, 0.1) is 19.3 Å². The van der Waals surface area contributed by atoms with Gasteiger partial charge in [0.2, 0.25) is 0 Å². The predicted octanol–water partition coefficient (Wildman–Crippen LogP) is 1.76. The molecule has 2 N–H and O–H groups in total. The van der Waals surface area contributed by atoms with Gasteiger partial charge in [-0.1, -0.05) is 17.3 Å². The lowest BCUT2D eigenvalue weighted by Gasteiger charge is -2.20. The van der Waals surface area contributed by atoms with E-state index < -0.39 is 0 Å². The molecule has 4 atom stereocenters. The van der Waals surface area contributed by atoms with E-state index in [4.69, 9.17) is 10.5 Å². The number of nitrogens with two attached hydrogens (primary N) is 1. The smallest absolute Gasteiger partial charge is 0.414 e. The Bertz CT molecular complexity index is 1070. The summed E-state index contributed by atoms with van der Waals surface area (Å²) < 4.78 is 7.14. The lowest BCUT2D eigenvalue weighted by molar-refractivity contribution is 0.129. The summed E-state index contributed by atoms with van der Waals surface area (Å²) in [7, 11) is 0. The van der Waals surface area contributed by atoms with Crippen LogP contribution in [0.2, 0.25) is 0 Å². The van der Waals surface area contributed by atoms with Crippen LogP contribution in [0.1, 0.15) is 0 Å². The number of hydrogen-bond acceptors (Lipinski definition) is 7. The van der Waals surface area contributed by atoms with Gasteiger partial charge in [0, 0.05) is 42.8 Å². The molecule has 0 radical (unpaired) electrons. The van der Waals surface area contributed by atoms with Crippen molar-refractivity contribution in [2.45, 2.75) is 18.7 Å². The second kappa shape index (κ2) is 7.05. The molecule has 3 fully saturated rings. The van der Waals surface area contributed by atoms with E-state index in [-0.39, 0.29) is 12.2 Å². The van der Waals surface area contributed by atoms with E-state index in [1.54, 1.807) is 22.0 Å². The number of hydrogen-bond donors (Lipinski definition) is 1. The Balaban J connectivity index is 1.12. The fraction of sp³-hybridized carbons (Fsp3) is 0.364. The highest BCUT2D eigenvalue weighted by Gasteiger charge is 2.53. The number of pyridine rings is 1. The van der Waals surface area contributed by atoms with Crippen molar-refractivity contribution in [3.05, 3.63) is 55.0 Å². The summed E-state index contributed by atoms with van der Waals surface area (Å²) in [5.41, 5.74) is 8.94. The zero-order valence-corrected chi connectivity index (χ0v) is 16.9. The molecule has 2 saturated heterocycles. The minimum Gasteiger partial charge on any atom is -0.442 e. The van der Waals surface area contributed by atoms with Crippen molar-refractivity contribution in [3.8, 4) is 11.1 Å². The Morgan fingerprint density at radius 3 is 2.48 bits per heavy atom. The monoisotopic (exact) mass is 417 g/mol. The van der Waals surface area contributed by atoms with Crippen LogP contribution in [0.4, 0.5) is 16.3 Å². The Morgan fingerprint density at radius 2 is 1.81 bits per heavy atom. The molecule has 0 bridgehead atoms. The van der Waals surface area contributed by atoms with E-state index in [9.17, 15) is 4.79 Å². The van der Waals surface area contributed by atoms with Crippen LogP contribution in [0.15, 0.2) is 55.0 Å². The lowest BCUT2D eigenvalue weighted by Crippen LogP contribution is -2.28. The summed E-state index contributed by atoms with van der Waals surface area (Å²) in [5, 5.41) is 7.71. The molecule has 2 aromatic heterocycles. The third kappa shape index (κ3) is 3.31. The van der Waals surface area contributed by atoms with Crippen LogP contribution < -0.4 is 15.5 Å². The first kappa shape index (κ1) is 18.3. The fourth-order valence-electron chi connectivity index (χ4n) is 4.70. The highest BCUT2D eigenvalue weighted by molar-refractivity contribution is 5.90. The quantitative estimate of drug-likeness (QED) is 0.675. The number of rotatable bonds is 5. The molecule has 4 heterocycles. The number of fused-ring (bicyclic) bond motifs is 1. The SMILES string of the molecule is NC1[C@H]2CN(c3ccc(-c4ccc(N5C[C@H](Cn6ccnn6)OC5=O)cc4)cn3)C[C@@H]12. The van der Waals surface area contributed by atoms with E-state index in [1.165, 1.54) is 0 Å². The molecule has 9 heteroatoms. The summed E-state index contributed by atoms with van der Waals surface area (Å²) in [4.78, 5) is 20.9. The van der Waals surface area contributed by atoms with E-state index in [0.29, 0.717) is 31.0 Å². The zero-order valence-electron chi connectivity index (χ0n) is 16.9. The zero-order chi connectivity index (χ0) is 20.9. The van der Waals surface area contributed by atoms with Gasteiger partial charge >= 0.3 is 6.09 Å². The van der Waals surface area contributed by atoms with Crippen molar-refractivity contribution in [2.24, 2.45) is 17.6 Å². The molecule has 3 aliphatic rings. The van der Waals surface area contributed by atoms with Crippen LogP contribution >= 0.6 is 0 Å². The second-order valence-electron chi connectivity index (χ2n) is 8.50. The van der Waals surface area contributed by atoms with Crippen molar-refractivity contribution >= 4 is 17.6 Å². The van der Waals surface area contributed by atoms with E-state index in [0.717, 1.165) is 35.7 Å². The molecule has 9 nitrogen and oxygen atoms in total. The highest BCUT2D eigenvalue weighted by atomic mass is 16.6. The van der Waals surface area contributed by atoms with Gasteiger partial charge < -0.3 is 15.4 Å². The molecular formula is C22H23N7O2. The summed E-state index contributed by atoms with van der Waals surface area (Å²) >= 11 is 0. The largest absolute Gasteiger partial charge is 0.442 e. The van der Waals surface area contributed by atoms with Crippen LogP contribution in [0.5, 0.6) is 0 Å². The van der Waals surface area contributed by atoms with E-state index in [2.05, 4.69) is 32.3 Å². The van der Waals surface area contributed by atoms with Gasteiger partial charge in [0.25, 0.3) is 0 Å². The maximum absolute atomic E-state index is 12.3. The number of carbonyl (C=O) groups excluding carboxylic acids is 1. The Labute approximate surface area is 179 Å². The van der Waals surface area contributed by atoms with Gasteiger partial charge in [-0.05, 0) is 41.7 Å². The summed E-state index contributed by atoms with van der Waals surface area (Å²) in [6, 6.07) is 12.5. The van der Waals surface area contributed by atoms with E-state index in [1.807, 2.05) is 30.5 Å². The number of benzene rings is 1. The topological polar surface area (TPSA) is 102 Å². The second-order valence-corrected chi connectivity index (χ2v) is 8.50. The number of carbonyl (C=O) groups is 1. The molecule has 1 aromatic carbocycles. The van der Waals surface area contributed by atoms with Crippen LogP contribution in [-0.2, 0) is 11.3 Å². The average molecular weight is 417 g/mol. The highest BCUT2D eigenvalue weighted by Crippen LogP contribution is 2.44. The van der Waals surface area contributed by atoms with Crippen LogP contribution in [0.25, 0.3) is 11.1 Å². The number of piperidine rings is 1. The summed E-state index contributed by atoms with van der Waals surface area (Å²) in [5.74, 6) is 2.29. The first-order valence-electron chi connectivity index (χ1n) is 10.5. The Hall–Kier alpha value is -3.46. The summed E-state index contributed by atoms with van der Waals surface area (Å²) in [6.45, 7) is 2.99. The molecule has 6 rings (SSSR count). The number of amides is 1. The molecule has 1 unspecified atom stereocenters. The number of nitrogens with zero attached hydrogens (tertiary/aromatic N) is 6. The third-order valence-corrected chi connectivity index (χ3v) is 6.58. The molecular weight excluding hydrogens is 394 g/mol. The average Bonchev–Trinajstić information content (AvgIpc) is 3.30. The molecule has 31 heavy (non-hydrogen) atoms. The molecule has 158 valence electrons. The Morgan fingerprint density at radius 1 is 1.03 bits per heavy atom. The van der Waals surface area contributed by atoms with Gasteiger partial charge in [-0.25, -0.2) is 14.5 Å². The molecule has 1 aliphatic carbocycles. The number of ether oxygens (including phenoxy) is 1. The first-order valence-corrected chi connectivity index (χ1v) is 10.5. The van der Waals surface area contributed by atoms with Crippen molar-refractivity contribution in [2.75, 3.05) is 29.4 Å². The van der Waals surface area contributed by atoms with Gasteiger partial charge in [0.15, 0.2) is 0 Å². The fourth-order valence-corrected chi connectivity index (χ4v) is 4.70. The molecule has 3 aromatic rings. The number of cyclic esters (lactones) is 1. The van der Waals surface area contributed by atoms with Crippen LogP contribution in [0.3, 0.4) is 0 Å². The molecule has 1 saturated carbocycles. The van der Waals surface area contributed by atoms with Crippen molar-refractivity contribution in [3.63, 3.8) is 0 Å². The van der Waals surface area contributed by atoms with Gasteiger partial charge in [0.1, 0.15) is 11.9 Å². The first-order chi connectivity index (χ1) is 15.2. The number of anilines is 2. The van der Waals surface area contributed by atoms with E-state index >= 15 is 0 Å².